The van der Waals surface area contributed by atoms with Gasteiger partial charge in [-0.25, -0.2) is 4.79 Å². The number of anilines is 2. The fraction of sp³-hybridized carbons (Fsp3) is 0.200. The van der Waals surface area contributed by atoms with Gasteiger partial charge in [-0.15, -0.1) is 0 Å². The molecule has 8 nitrogen and oxygen atoms in total. The minimum atomic E-state index is -0.984. The molecular formula is C30H29N5O3S. The number of aryl methyl sites for hydroxylation is 1. The van der Waals surface area contributed by atoms with Crippen LogP contribution in [0.15, 0.2) is 85.2 Å². The Morgan fingerprint density at radius 1 is 1.03 bits per heavy atom. The van der Waals surface area contributed by atoms with E-state index in [4.69, 9.17) is 12.2 Å². The van der Waals surface area contributed by atoms with E-state index in [0.29, 0.717) is 5.11 Å². The minimum Gasteiger partial charge on any atom is -0.478 e. The van der Waals surface area contributed by atoms with Crippen molar-refractivity contribution in [1.29, 1.82) is 0 Å². The lowest BCUT2D eigenvalue weighted by Gasteiger charge is -2.29. The number of amides is 1. The zero-order chi connectivity index (χ0) is 27.7. The summed E-state index contributed by atoms with van der Waals surface area (Å²) in [6, 6.07) is 21.9. The average Bonchev–Trinajstić information content (AvgIpc) is 3.54. The van der Waals surface area contributed by atoms with Gasteiger partial charge in [0.1, 0.15) is 6.04 Å². The topological polar surface area (TPSA) is 99.5 Å². The quantitative estimate of drug-likeness (QED) is 0.261. The molecule has 5 rings (SSSR count). The zero-order valence-corrected chi connectivity index (χ0v) is 22.6. The minimum absolute atomic E-state index is 0.0429. The smallest absolute Gasteiger partial charge is 0.335 e. The Morgan fingerprint density at radius 2 is 1.85 bits per heavy atom. The summed E-state index contributed by atoms with van der Waals surface area (Å²) in [4.78, 5) is 30.6. The van der Waals surface area contributed by atoms with Gasteiger partial charge in [0.15, 0.2) is 5.11 Å². The Labute approximate surface area is 232 Å². The van der Waals surface area contributed by atoms with Crippen molar-refractivity contribution >= 4 is 40.6 Å². The predicted molar refractivity (Wildman–Crippen MR) is 155 cm³/mol. The molecule has 0 unspecified atom stereocenters. The maximum atomic E-state index is 12.3. The highest BCUT2D eigenvalue weighted by atomic mass is 32.1. The largest absolute Gasteiger partial charge is 0.478 e. The lowest BCUT2D eigenvalue weighted by atomic mass is 10.00. The number of carbonyl (C=O) groups excluding carboxylic acids is 1. The maximum Gasteiger partial charge on any atom is 0.335 e. The summed E-state index contributed by atoms with van der Waals surface area (Å²) in [6.45, 7) is 5.67. The molecule has 2 aromatic heterocycles. The Bertz CT molecular complexity index is 1550. The molecule has 1 saturated heterocycles. The van der Waals surface area contributed by atoms with Gasteiger partial charge in [-0.3, -0.25) is 9.78 Å². The van der Waals surface area contributed by atoms with Crippen LogP contribution in [0, 0.1) is 12.8 Å². The fourth-order valence-electron chi connectivity index (χ4n) is 4.81. The van der Waals surface area contributed by atoms with Crippen molar-refractivity contribution in [2.45, 2.75) is 32.9 Å². The Balaban J connectivity index is 1.61. The van der Waals surface area contributed by atoms with E-state index >= 15 is 0 Å². The summed E-state index contributed by atoms with van der Waals surface area (Å²) in [6.07, 6.45) is 3.67. The highest BCUT2D eigenvalue weighted by Gasteiger charge is 2.42. The number of benzene rings is 2. The van der Waals surface area contributed by atoms with Crippen molar-refractivity contribution in [3.63, 3.8) is 0 Å². The van der Waals surface area contributed by atoms with Gasteiger partial charge in [0.2, 0.25) is 5.91 Å². The van der Waals surface area contributed by atoms with Crippen LogP contribution < -0.4 is 15.5 Å². The van der Waals surface area contributed by atoms with Gasteiger partial charge in [-0.2, -0.15) is 0 Å². The number of aromatic carboxylic acids is 1. The fourth-order valence-corrected chi connectivity index (χ4v) is 5.15. The van der Waals surface area contributed by atoms with Crippen LogP contribution in [0.4, 0.5) is 11.4 Å². The number of aromatic nitrogens is 2. The summed E-state index contributed by atoms with van der Waals surface area (Å²) in [7, 11) is 0. The van der Waals surface area contributed by atoms with E-state index in [1.165, 1.54) is 0 Å². The standard InChI is InChI=1S/C30H29N5O3S/c1-18(2)28(36)32-23-13-12-22(16-19(23)3)35-27(26(33-30(35)39)24-10-4-5-14-31-24)25-11-7-15-34(25)21-9-6-8-20(17-21)29(37)38/h4-18,26-27H,1-3H3,(H,32,36)(H,33,39)(H,37,38)/t26-,27-/m0/s1. The lowest BCUT2D eigenvalue weighted by molar-refractivity contribution is -0.118. The van der Waals surface area contributed by atoms with Crippen LogP contribution in [0.2, 0.25) is 0 Å². The van der Waals surface area contributed by atoms with Gasteiger partial charge in [0.25, 0.3) is 0 Å². The molecule has 4 aromatic rings. The first-order valence-electron chi connectivity index (χ1n) is 12.7. The molecule has 0 aliphatic carbocycles. The molecule has 0 radical (unpaired) electrons. The molecule has 1 aliphatic heterocycles. The van der Waals surface area contributed by atoms with Crippen molar-refractivity contribution < 1.29 is 14.7 Å². The third kappa shape index (κ3) is 5.13. The van der Waals surface area contributed by atoms with Crippen LogP contribution in [0.1, 0.15) is 53.2 Å². The van der Waals surface area contributed by atoms with Crippen LogP contribution in [0.3, 0.4) is 0 Å². The molecule has 39 heavy (non-hydrogen) atoms. The second kappa shape index (κ2) is 10.7. The van der Waals surface area contributed by atoms with Crippen LogP contribution >= 0.6 is 12.2 Å². The molecular weight excluding hydrogens is 510 g/mol. The summed E-state index contributed by atoms with van der Waals surface area (Å²) in [5, 5.41) is 16.6. The summed E-state index contributed by atoms with van der Waals surface area (Å²) in [5.41, 5.74) is 5.21. The van der Waals surface area contributed by atoms with Crippen molar-refractivity contribution in [2.75, 3.05) is 10.2 Å². The van der Waals surface area contributed by atoms with Crippen molar-refractivity contribution in [3.8, 4) is 5.69 Å². The van der Waals surface area contributed by atoms with E-state index < -0.39 is 5.97 Å². The van der Waals surface area contributed by atoms with Crippen molar-refractivity contribution in [2.24, 2.45) is 5.92 Å². The third-order valence-corrected chi connectivity index (χ3v) is 7.14. The van der Waals surface area contributed by atoms with E-state index in [1.54, 1.807) is 24.4 Å². The molecule has 1 fully saturated rings. The first-order chi connectivity index (χ1) is 18.7. The molecule has 0 bridgehead atoms. The number of carboxylic acid groups (broad SMARTS) is 1. The van der Waals surface area contributed by atoms with E-state index in [9.17, 15) is 14.7 Å². The lowest BCUT2D eigenvalue weighted by Crippen LogP contribution is -2.30. The molecule has 2 aromatic carbocycles. The Morgan fingerprint density at radius 3 is 2.54 bits per heavy atom. The molecule has 3 N–H and O–H groups in total. The number of carbonyl (C=O) groups is 2. The number of nitrogens with zero attached hydrogens (tertiary/aromatic N) is 3. The van der Waals surface area contributed by atoms with Crippen LogP contribution in [-0.4, -0.2) is 31.6 Å². The molecule has 2 atom stereocenters. The summed E-state index contributed by atoms with van der Waals surface area (Å²) >= 11 is 5.88. The molecule has 0 saturated carbocycles. The molecule has 1 aliphatic rings. The normalized spacial score (nSPS) is 16.8. The van der Waals surface area contributed by atoms with Gasteiger partial charge in [-0.1, -0.05) is 26.0 Å². The van der Waals surface area contributed by atoms with E-state index in [0.717, 1.165) is 34.0 Å². The predicted octanol–water partition coefficient (Wildman–Crippen LogP) is 5.65. The van der Waals surface area contributed by atoms with Gasteiger partial charge < -0.3 is 25.2 Å². The highest BCUT2D eigenvalue weighted by molar-refractivity contribution is 7.80. The number of carboxylic acids is 1. The van der Waals surface area contributed by atoms with E-state index in [1.807, 2.05) is 86.1 Å². The maximum absolute atomic E-state index is 12.3. The van der Waals surface area contributed by atoms with Crippen molar-refractivity contribution in [3.05, 3.63) is 108 Å². The summed E-state index contributed by atoms with van der Waals surface area (Å²) in [5.74, 6) is -1.16. The number of hydrogen-bond donors (Lipinski definition) is 3. The first kappa shape index (κ1) is 26.1. The number of nitrogens with one attached hydrogen (secondary N) is 2. The van der Waals surface area contributed by atoms with Crippen molar-refractivity contribution in [1.82, 2.24) is 14.9 Å². The Hall–Kier alpha value is -4.50. The molecule has 9 heteroatoms. The molecule has 198 valence electrons. The molecule has 0 spiro atoms. The number of thiocarbonyl (C=S) groups is 1. The summed E-state index contributed by atoms with van der Waals surface area (Å²) < 4.78 is 1.99. The monoisotopic (exact) mass is 539 g/mol. The number of pyridine rings is 1. The third-order valence-electron chi connectivity index (χ3n) is 6.82. The van der Waals surface area contributed by atoms with Crippen LogP contribution in [0.25, 0.3) is 5.69 Å². The molecule has 1 amide bonds. The zero-order valence-electron chi connectivity index (χ0n) is 21.8. The van der Waals surface area contributed by atoms with E-state index in [-0.39, 0.29) is 29.5 Å². The van der Waals surface area contributed by atoms with Crippen LogP contribution in [0.5, 0.6) is 0 Å². The van der Waals surface area contributed by atoms with Gasteiger partial charge in [-0.05, 0) is 85.4 Å². The van der Waals surface area contributed by atoms with Gasteiger partial charge >= 0.3 is 5.97 Å². The SMILES string of the molecule is Cc1cc(N2C(=S)N[C@@H](c3ccccn3)[C@@H]2c2cccn2-c2cccc(C(=O)O)c2)ccc1NC(=O)C(C)C. The van der Waals surface area contributed by atoms with Gasteiger partial charge in [0, 0.05) is 41.1 Å². The number of hydrogen-bond acceptors (Lipinski definition) is 4. The number of rotatable bonds is 7. The molecule has 3 heterocycles. The second-order valence-electron chi connectivity index (χ2n) is 9.80. The van der Waals surface area contributed by atoms with E-state index in [2.05, 4.69) is 20.5 Å². The van der Waals surface area contributed by atoms with Gasteiger partial charge in [0.05, 0.1) is 17.3 Å². The first-order valence-corrected chi connectivity index (χ1v) is 13.1. The Kier molecular flexibility index (Phi) is 7.17. The second-order valence-corrected chi connectivity index (χ2v) is 10.2. The highest BCUT2D eigenvalue weighted by Crippen LogP contribution is 2.43. The average molecular weight is 540 g/mol. The van der Waals surface area contributed by atoms with Crippen LogP contribution in [-0.2, 0) is 4.79 Å².